The molecule has 24 heavy (non-hydrogen) atoms. The lowest BCUT2D eigenvalue weighted by Gasteiger charge is -2.49. The second-order valence-electron chi connectivity index (χ2n) is 6.55. The Bertz CT molecular complexity index is 747. The number of nitrogens with one attached hydrogen (secondary N) is 2. The molecular formula is C15H21N3O6. The number of hydrogen-bond donors (Lipinski definition) is 3. The van der Waals surface area contributed by atoms with E-state index in [0.717, 1.165) is 12.8 Å². The van der Waals surface area contributed by atoms with Crippen molar-refractivity contribution in [1.82, 2.24) is 14.9 Å². The van der Waals surface area contributed by atoms with Crippen LogP contribution in [0.15, 0.2) is 21.9 Å². The number of hydrogen-bond acceptors (Lipinski definition) is 7. The largest absolute Gasteiger partial charge is 0.393 e. The Morgan fingerprint density at radius 3 is 3.04 bits per heavy atom. The molecule has 9 nitrogen and oxygen atoms in total. The second kappa shape index (κ2) is 5.50. The summed E-state index contributed by atoms with van der Waals surface area (Å²) in [6.07, 6.45) is 2.66. The third-order valence-corrected chi connectivity index (χ3v) is 5.10. The summed E-state index contributed by atoms with van der Waals surface area (Å²) < 4.78 is 19.0. The predicted molar refractivity (Wildman–Crippen MR) is 81.2 cm³/mol. The molecule has 3 saturated heterocycles. The quantitative estimate of drug-likeness (QED) is 0.563. The molecule has 0 bridgehead atoms. The molecular weight excluding hydrogens is 318 g/mol. The van der Waals surface area contributed by atoms with Gasteiger partial charge in [0.1, 0.15) is 5.60 Å². The Morgan fingerprint density at radius 1 is 1.50 bits per heavy atom. The lowest BCUT2D eigenvalue weighted by molar-refractivity contribution is -0.308. The highest BCUT2D eigenvalue weighted by molar-refractivity contribution is 5.19. The van der Waals surface area contributed by atoms with Crippen LogP contribution in [0.3, 0.4) is 0 Å². The fraction of sp³-hybridized carbons (Fsp3) is 0.733. The maximum absolute atomic E-state index is 12.1. The number of nitrogens with zero attached hydrogens (tertiary/aromatic N) is 1. The van der Waals surface area contributed by atoms with Crippen LogP contribution in [0.4, 0.5) is 0 Å². The first-order valence-electron chi connectivity index (χ1n) is 8.21. The number of aromatic nitrogens is 2. The fourth-order valence-electron chi connectivity index (χ4n) is 3.91. The van der Waals surface area contributed by atoms with Gasteiger partial charge in [-0.3, -0.25) is 19.7 Å². The standard InChI is InChI=1S/C15H21N3O6/c1-2-3-6-22-15-11-10(17-15)12(24-14(11,7-19)8-23-15)18-5-4-9(20)16-13(18)21/h4-5,10-12,17,19H,2-3,6-8H2,1H3,(H,16,20,21)/t10-,11?,12+,14-,15?/m0/s1. The van der Waals surface area contributed by atoms with Crippen LogP contribution in [0.2, 0.25) is 0 Å². The first kappa shape index (κ1) is 16.0. The van der Waals surface area contributed by atoms with E-state index in [4.69, 9.17) is 14.2 Å². The molecule has 9 heteroatoms. The summed E-state index contributed by atoms with van der Waals surface area (Å²) in [5, 5.41) is 13.1. The molecule has 2 unspecified atom stereocenters. The van der Waals surface area contributed by atoms with Crippen molar-refractivity contribution in [3.05, 3.63) is 33.1 Å². The predicted octanol–water partition coefficient (Wildman–Crippen LogP) is -1.11. The van der Waals surface area contributed by atoms with Gasteiger partial charge in [0.15, 0.2) is 6.23 Å². The van der Waals surface area contributed by atoms with Gasteiger partial charge >= 0.3 is 5.69 Å². The monoisotopic (exact) mass is 339 g/mol. The molecule has 4 rings (SSSR count). The van der Waals surface area contributed by atoms with Crippen molar-refractivity contribution < 1.29 is 19.3 Å². The number of unbranched alkanes of at least 4 members (excludes halogenated alkanes) is 1. The molecule has 1 aromatic heterocycles. The normalized spacial score (nSPS) is 39.7. The minimum Gasteiger partial charge on any atom is -0.393 e. The molecule has 0 aliphatic carbocycles. The highest BCUT2D eigenvalue weighted by Gasteiger charge is 2.77. The van der Waals surface area contributed by atoms with Crippen molar-refractivity contribution in [3.63, 3.8) is 0 Å². The van der Waals surface area contributed by atoms with Crippen LogP contribution < -0.4 is 16.6 Å². The Morgan fingerprint density at radius 2 is 2.33 bits per heavy atom. The number of aliphatic hydroxyl groups excluding tert-OH is 1. The van der Waals surface area contributed by atoms with Gasteiger partial charge in [0, 0.05) is 12.3 Å². The van der Waals surface area contributed by atoms with E-state index in [9.17, 15) is 14.7 Å². The maximum Gasteiger partial charge on any atom is 0.330 e. The van der Waals surface area contributed by atoms with Crippen LogP contribution in [-0.2, 0) is 14.2 Å². The van der Waals surface area contributed by atoms with E-state index in [0.29, 0.717) is 6.61 Å². The van der Waals surface area contributed by atoms with Gasteiger partial charge in [0.05, 0.1) is 31.8 Å². The van der Waals surface area contributed by atoms with Crippen LogP contribution >= 0.6 is 0 Å². The zero-order chi connectivity index (χ0) is 16.9. The van der Waals surface area contributed by atoms with E-state index in [1.54, 1.807) is 0 Å². The average molecular weight is 339 g/mol. The van der Waals surface area contributed by atoms with Gasteiger partial charge in [-0.15, -0.1) is 0 Å². The lowest BCUT2D eigenvalue weighted by Crippen LogP contribution is -2.74. The second-order valence-corrected chi connectivity index (χ2v) is 6.55. The first-order chi connectivity index (χ1) is 11.6. The number of H-pyrrole nitrogens is 1. The third-order valence-electron chi connectivity index (χ3n) is 5.10. The van der Waals surface area contributed by atoms with Crippen LogP contribution in [0.5, 0.6) is 0 Å². The van der Waals surface area contributed by atoms with Gasteiger partial charge in [0.25, 0.3) is 5.56 Å². The van der Waals surface area contributed by atoms with Crippen molar-refractivity contribution in [2.24, 2.45) is 5.92 Å². The molecule has 5 atom stereocenters. The summed E-state index contributed by atoms with van der Waals surface area (Å²) in [5.74, 6) is -1.20. The van der Waals surface area contributed by atoms with Crippen molar-refractivity contribution in [2.45, 2.75) is 43.5 Å². The number of aliphatic hydroxyl groups is 1. The summed E-state index contributed by atoms with van der Waals surface area (Å²) >= 11 is 0. The van der Waals surface area contributed by atoms with Crippen molar-refractivity contribution >= 4 is 0 Å². The lowest BCUT2D eigenvalue weighted by atomic mass is 9.78. The van der Waals surface area contributed by atoms with Gasteiger partial charge in [-0.05, 0) is 6.42 Å². The van der Waals surface area contributed by atoms with Crippen molar-refractivity contribution in [3.8, 4) is 0 Å². The van der Waals surface area contributed by atoms with Crippen LogP contribution in [0, 0.1) is 5.92 Å². The highest BCUT2D eigenvalue weighted by atomic mass is 16.7. The molecule has 4 heterocycles. The van der Waals surface area contributed by atoms with Crippen molar-refractivity contribution in [1.29, 1.82) is 0 Å². The van der Waals surface area contributed by atoms with Gasteiger partial charge in [-0.2, -0.15) is 0 Å². The molecule has 1 aromatic rings. The molecule has 0 aromatic carbocycles. The smallest absolute Gasteiger partial charge is 0.330 e. The highest BCUT2D eigenvalue weighted by Crippen LogP contribution is 2.58. The Labute approximate surface area is 137 Å². The van der Waals surface area contributed by atoms with Crippen LogP contribution in [0.25, 0.3) is 0 Å². The third kappa shape index (κ3) is 2.06. The summed E-state index contributed by atoms with van der Waals surface area (Å²) in [7, 11) is 0. The molecule has 3 N–H and O–H groups in total. The minimum absolute atomic E-state index is 0.179. The van der Waals surface area contributed by atoms with Gasteiger partial charge in [-0.1, -0.05) is 13.3 Å². The van der Waals surface area contributed by atoms with Crippen molar-refractivity contribution in [2.75, 3.05) is 19.8 Å². The number of ether oxygens (including phenoxy) is 3. The summed E-state index contributed by atoms with van der Waals surface area (Å²) in [6.45, 7) is 2.56. The topological polar surface area (TPSA) is 115 Å². The molecule has 0 radical (unpaired) electrons. The Balaban J connectivity index is 1.63. The molecule has 132 valence electrons. The summed E-state index contributed by atoms with van der Waals surface area (Å²) in [4.78, 5) is 25.5. The van der Waals surface area contributed by atoms with Gasteiger partial charge in [-0.25, -0.2) is 4.79 Å². The van der Waals surface area contributed by atoms with E-state index >= 15 is 0 Å². The van der Waals surface area contributed by atoms with Gasteiger partial charge in [0.2, 0.25) is 5.91 Å². The van der Waals surface area contributed by atoms with Gasteiger partial charge < -0.3 is 19.3 Å². The molecule has 0 saturated carbocycles. The molecule has 0 amide bonds. The van der Waals surface area contributed by atoms with E-state index in [1.165, 1.54) is 16.8 Å². The zero-order valence-corrected chi connectivity index (χ0v) is 13.4. The van der Waals surface area contributed by atoms with E-state index in [2.05, 4.69) is 17.2 Å². The summed E-state index contributed by atoms with van der Waals surface area (Å²) in [6, 6.07) is 1.02. The van der Waals surface area contributed by atoms with E-state index < -0.39 is 29.0 Å². The minimum atomic E-state index is -0.969. The van der Waals surface area contributed by atoms with E-state index in [1.807, 2.05) is 0 Å². The van der Waals surface area contributed by atoms with Crippen LogP contribution in [-0.4, -0.2) is 52.0 Å². The SMILES string of the molecule is CCCCOC12N[C@H]3C1[C@](CO)(CO2)O[C@H]3n1ccc(=O)[nH]c1=O. The average Bonchev–Trinajstić information content (AvgIpc) is 2.93. The zero-order valence-electron chi connectivity index (χ0n) is 13.4. The molecule has 0 spiro atoms. The summed E-state index contributed by atoms with van der Waals surface area (Å²) in [5.41, 5.74) is -1.93. The Kier molecular flexibility index (Phi) is 3.66. The fourth-order valence-corrected chi connectivity index (χ4v) is 3.91. The van der Waals surface area contributed by atoms with Crippen LogP contribution in [0.1, 0.15) is 26.0 Å². The first-order valence-corrected chi connectivity index (χ1v) is 8.21. The number of rotatable bonds is 6. The number of aromatic amines is 1. The maximum atomic E-state index is 12.1. The van der Waals surface area contributed by atoms with E-state index in [-0.39, 0.29) is 25.2 Å². The molecule has 3 aliphatic rings. The molecule has 3 fully saturated rings. The molecule has 3 aliphatic heterocycles. The Hall–Kier alpha value is -1.52.